The average molecular weight is 561 g/mol. The van der Waals surface area contributed by atoms with E-state index in [0.717, 1.165) is 22.5 Å². The van der Waals surface area contributed by atoms with Gasteiger partial charge in [0.05, 0.1) is 24.4 Å². The van der Waals surface area contributed by atoms with E-state index in [9.17, 15) is 19.5 Å². The molecule has 9 heteroatoms. The quantitative estimate of drug-likeness (QED) is 0.124. The number of methoxy groups -OCH3 is 1. The van der Waals surface area contributed by atoms with Gasteiger partial charge in [0.1, 0.15) is 23.0 Å². The van der Waals surface area contributed by atoms with Gasteiger partial charge in [0.25, 0.3) is 5.78 Å². The van der Waals surface area contributed by atoms with Crippen LogP contribution in [0.5, 0.6) is 5.75 Å². The van der Waals surface area contributed by atoms with Gasteiger partial charge in [0, 0.05) is 5.56 Å². The Kier molecular flexibility index (Phi) is 7.98. The molecule has 3 aromatic rings. The summed E-state index contributed by atoms with van der Waals surface area (Å²) in [7, 11) is 1.26. The molecule has 1 saturated heterocycles. The van der Waals surface area contributed by atoms with Gasteiger partial charge >= 0.3 is 11.9 Å². The highest BCUT2D eigenvalue weighted by Crippen LogP contribution is 2.44. The molecule has 0 bridgehead atoms. The van der Waals surface area contributed by atoms with Crippen molar-refractivity contribution in [3.63, 3.8) is 0 Å². The van der Waals surface area contributed by atoms with Crippen LogP contribution in [0.2, 0.25) is 0 Å². The number of Topliss-reactive ketones (excluding diaryl/α,β-unsaturated/α-hetero) is 1. The number of hydrogen-bond acceptors (Lipinski definition) is 8. The number of ether oxygens (including phenoxy) is 2. The summed E-state index contributed by atoms with van der Waals surface area (Å²) < 4.78 is 10.5. The van der Waals surface area contributed by atoms with Gasteiger partial charge in [-0.05, 0) is 54.2 Å². The molecule has 1 aromatic heterocycles. The molecule has 1 atom stereocenters. The van der Waals surface area contributed by atoms with Crippen LogP contribution < -0.4 is 9.64 Å². The third kappa shape index (κ3) is 5.29. The summed E-state index contributed by atoms with van der Waals surface area (Å²) in [5, 5.41) is 11.7. The first-order chi connectivity index (χ1) is 18.9. The molecule has 2 aromatic carbocycles. The van der Waals surface area contributed by atoms with E-state index in [0.29, 0.717) is 29.2 Å². The molecule has 0 radical (unpaired) electrons. The van der Waals surface area contributed by atoms with Crippen molar-refractivity contribution in [1.29, 1.82) is 0 Å². The van der Waals surface area contributed by atoms with Gasteiger partial charge in [0.2, 0.25) is 0 Å². The van der Waals surface area contributed by atoms with Gasteiger partial charge in [-0.1, -0.05) is 69.0 Å². The number of nitrogens with zero attached hydrogens (tertiary/aromatic N) is 2. The fourth-order valence-corrected chi connectivity index (χ4v) is 5.55. The number of thiazole rings is 1. The smallest absolute Gasteiger partial charge is 0.350 e. The Morgan fingerprint density at radius 3 is 2.40 bits per heavy atom. The van der Waals surface area contributed by atoms with E-state index < -0.39 is 23.7 Å². The molecule has 0 saturated carbocycles. The van der Waals surface area contributed by atoms with Gasteiger partial charge in [-0.15, -0.1) is 0 Å². The van der Waals surface area contributed by atoms with Crippen LogP contribution in [0.15, 0.2) is 60.7 Å². The molecular formula is C31H32N2O6S. The molecule has 1 aliphatic heterocycles. The van der Waals surface area contributed by atoms with Crippen LogP contribution in [0.1, 0.15) is 64.4 Å². The number of ketones is 1. The summed E-state index contributed by atoms with van der Waals surface area (Å²) in [6.07, 6.45) is 1.63. The molecule has 4 rings (SSSR count). The number of aryl methyl sites for hydroxylation is 2. The third-order valence-electron chi connectivity index (χ3n) is 6.70. The van der Waals surface area contributed by atoms with E-state index >= 15 is 0 Å². The van der Waals surface area contributed by atoms with E-state index in [1.807, 2.05) is 31.2 Å². The Balaban J connectivity index is 1.90. The molecule has 1 unspecified atom stereocenters. The monoisotopic (exact) mass is 560 g/mol. The number of anilines is 1. The van der Waals surface area contributed by atoms with Gasteiger partial charge in [-0.2, -0.15) is 0 Å². The Hall–Kier alpha value is -4.24. The van der Waals surface area contributed by atoms with Crippen LogP contribution >= 0.6 is 11.3 Å². The lowest BCUT2D eigenvalue weighted by molar-refractivity contribution is -0.132. The summed E-state index contributed by atoms with van der Waals surface area (Å²) in [6.45, 7) is 13.7. The fourth-order valence-electron chi connectivity index (χ4n) is 4.54. The minimum atomic E-state index is -0.970. The van der Waals surface area contributed by atoms with Crippen molar-refractivity contribution in [3.05, 3.63) is 93.5 Å². The first-order valence-electron chi connectivity index (χ1n) is 12.7. The molecule has 0 spiro atoms. The first-order valence-corrected chi connectivity index (χ1v) is 13.5. The lowest BCUT2D eigenvalue weighted by Crippen LogP contribution is -2.29. The van der Waals surface area contributed by atoms with Gasteiger partial charge in [0.15, 0.2) is 5.13 Å². The maximum atomic E-state index is 13.5. The van der Waals surface area contributed by atoms with Crippen LogP contribution in [0.4, 0.5) is 5.13 Å². The van der Waals surface area contributed by atoms with Gasteiger partial charge < -0.3 is 14.6 Å². The first kappa shape index (κ1) is 28.8. The SMILES string of the molecule is C=CCOc1ccc(/C(O)=C2\C(=O)C(=O)N(c3nc(C)c(C(=O)OC)s3)C2c2ccc(C(C)(C)C)cc2)cc1C. The van der Waals surface area contributed by atoms with Crippen molar-refractivity contribution < 1.29 is 29.0 Å². The largest absolute Gasteiger partial charge is 0.507 e. The number of aliphatic hydroxyl groups excluding tert-OH is 1. The van der Waals surface area contributed by atoms with Gasteiger partial charge in [-0.3, -0.25) is 14.5 Å². The van der Waals surface area contributed by atoms with Crippen molar-refractivity contribution in [2.75, 3.05) is 18.6 Å². The Morgan fingerprint density at radius 2 is 1.82 bits per heavy atom. The van der Waals surface area contributed by atoms with Crippen molar-refractivity contribution in [1.82, 2.24) is 4.98 Å². The number of rotatable bonds is 7. The zero-order valence-corrected chi connectivity index (χ0v) is 24.2. The molecule has 1 N–H and O–H groups in total. The molecule has 1 amide bonds. The van der Waals surface area contributed by atoms with Crippen molar-refractivity contribution in [3.8, 4) is 5.75 Å². The third-order valence-corrected chi connectivity index (χ3v) is 7.84. The summed E-state index contributed by atoms with van der Waals surface area (Å²) in [5.41, 5.74) is 2.98. The number of esters is 1. The minimum Gasteiger partial charge on any atom is -0.507 e. The normalized spacial score (nSPS) is 16.8. The van der Waals surface area contributed by atoms with E-state index in [-0.39, 0.29) is 26.8 Å². The second-order valence-electron chi connectivity index (χ2n) is 10.5. The second kappa shape index (κ2) is 11.1. The molecular weight excluding hydrogens is 528 g/mol. The zero-order chi connectivity index (χ0) is 29.4. The van der Waals surface area contributed by atoms with E-state index in [2.05, 4.69) is 32.3 Å². The number of carbonyl (C=O) groups is 3. The van der Waals surface area contributed by atoms with Crippen LogP contribution in [0.3, 0.4) is 0 Å². The van der Waals surface area contributed by atoms with Crippen LogP contribution in [-0.4, -0.2) is 41.5 Å². The molecule has 208 valence electrons. The number of amides is 1. The highest BCUT2D eigenvalue weighted by Gasteiger charge is 2.48. The summed E-state index contributed by atoms with van der Waals surface area (Å²) in [4.78, 5) is 45.2. The van der Waals surface area contributed by atoms with Crippen molar-refractivity contribution >= 4 is 39.9 Å². The number of hydrogen-bond donors (Lipinski definition) is 1. The summed E-state index contributed by atoms with van der Waals surface area (Å²) >= 11 is 0.961. The maximum Gasteiger partial charge on any atom is 0.350 e. The van der Waals surface area contributed by atoms with Gasteiger partial charge in [-0.25, -0.2) is 9.78 Å². The number of aliphatic hydroxyl groups is 1. The number of aromatic nitrogens is 1. The Labute approximate surface area is 237 Å². The number of carbonyl (C=O) groups excluding carboxylic acids is 3. The molecule has 8 nitrogen and oxygen atoms in total. The number of benzene rings is 2. The van der Waals surface area contributed by atoms with E-state index in [1.165, 1.54) is 12.0 Å². The molecule has 40 heavy (non-hydrogen) atoms. The molecule has 0 aliphatic carbocycles. The second-order valence-corrected chi connectivity index (χ2v) is 11.5. The van der Waals surface area contributed by atoms with Crippen molar-refractivity contribution in [2.45, 2.75) is 46.1 Å². The molecule has 1 fully saturated rings. The topological polar surface area (TPSA) is 106 Å². The predicted molar refractivity (Wildman–Crippen MR) is 155 cm³/mol. The maximum absolute atomic E-state index is 13.5. The Morgan fingerprint density at radius 1 is 1.15 bits per heavy atom. The lowest BCUT2D eigenvalue weighted by Gasteiger charge is -2.25. The van der Waals surface area contributed by atoms with E-state index in [4.69, 9.17) is 9.47 Å². The predicted octanol–water partition coefficient (Wildman–Crippen LogP) is 6.04. The van der Waals surface area contributed by atoms with Crippen LogP contribution in [-0.2, 0) is 19.7 Å². The fraction of sp³-hybridized carbons (Fsp3) is 0.290. The summed E-state index contributed by atoms with van der Waals surface area (Å²) in [6, 6.07) is 11.6. The average Bonchev–Trinajstić information content (AvgIpc) is 3.43. The Bertz CT molecular complexity index is 1530. The highest BCUT2D eigenvalue weighted by atomic mass is 32.1. The standard InChI is InChI=1S/C31H32N2O6S/c1-8-15-39-22-14-11-20(16-17(22)2)25(34)23-24(19-9-12-21(13-10-19)31(4,5)6)33(28(36)26(23)35)30-32-18(3)27(40-30)29(37)38-7/h8-14,16,24,34H,1,15H2,2-7H3/b25-23+. The van der Waals surface area contributed by atoms with E-state index in [1.54, 1.807) is 31.2 Å². The lowest BCUT2D eigenvalue weighted by atomic mass is 9.85. The summed E-state index contributed by atoms with van der Waals surface area (Å²) in [5.74, 6) is -1.98. The highest BCUT2D eigenvalue weighted by molar-refractivity contribution is 7.17. The molecule has 2 heterocycles. The zero-order valence-electron chi connectivity index (χ0n) is 23.4. The van der Waals surface area contributed by atoms with Crippen LogP contribution in [0, 0.1) is 13.8 Å². The molecule has 1 aliphatic rings. The minimum absolute atomic E-state index is 0.0693. The van der Waals surface area contributed by atoms with Crippen LogP contribution in [0.25, 0.3) is 5.76 Å². The van der Waals surface area contributed by atoms with Crippen molar-refractivity contribution in [2.24, 2.45) is 0 Å².